The van der Waals surface area contributed by atoms with Crippen LogP contribution in [-0.2, 0) is 9.53 Å². The summed E-state index contributed by atoms with van der Waals surface area (Å²) in [6, 6.07) is 1.97. The van der Waals surface area contributed by atoms with Crippen molar-refractivity contribution in [2.75, 3.05) is 18.1 Å². The van der Waals surface area contributed by atoms with Gasteiger partial charge in [0.2, 0.25) is 5.95 Å². The molecule has 2 heterocycles. The number of hydrogen-bond donors (Lipinski definition) is 1. The number of nitrogens with one attached hydrogen (secondary N) is 1. The predicted molar refractivity (Wildman–Crippen MR) is 83.5 cm³/mol. The van der Waals surface area contributed by atoms with Crippen molar-refractivity contribution in [2.24, 2.45) is 0 Å². The van der Waals surface area contributed by atoms with Gasteiger partial charge < -0.3 is 10.1 Å². The monoisotopic (exact) mass is 311 g/mol. The van der Waals surface area contributed by atoms with Gasteiger partial charge in [0, 0.05) is 12.4 Å². The summed E-state index contributed by atoms with van der Waals surface area (Å²) in [6.45, 7) is 5.57. The zero-order chi connectivity index (χ0) is 14.8. The molecule has 0 aromatic carbocycles. The SMILES string of the molecule is CNc1nc(SCC(=O)OC(C)(C)C)c2ccsc2n1. The van der Waals surface area contributed by atoms with Crippen LogP contribution in [0, 0.1) is 0 Å². The number of anilines is 1. The third-order valence-electron chi connectivity index (χ3n) is 2.26. The molecule has 0 unspecified atom stereocenters. The van der Waals surface area contributed by atoms with Crippen LogP contribution in [0.15, 0.2) is 16.5 Å². The molecule has 0 aliphatic heterocycles. The Morgan fingerprint density at radius 2 is 2.20 bits per heavy atom. The second kappa shape index (κ2) is 5.97. The number of hydrogen-bond acceptors (Lipinski definition) is 7. The zero-order valence-electron chi connectivity index (χ0n) is 11.9. The highest BCUT2D eigenvalue weighted by Gasteiger charge is 2.17. The first-order valence-electron chi connectivity index (χ1n) is 6.16. The molecule has 0 aliphatic carbocycles. The summed E-state index contributed by atoms with van der Waals surface area (Å²) < 4.78 is 5.29. The third-order valence-corrected chi connectivity index (χ3v) is 4.03. The third kappa shape index (κ3) is 3.83. The summed E-state index contributed by atoms with van der Waals surface area (Å²) in [4.78, 5) is 21.4. The minimum absolute atomic E-state index is 0.238. The van der Waals surface area contributed by atoms with Gasteiger partial charge in [-0.05, 0) is 32.2 Å². The fourth-order valence-corrected chi connectivity index (χ4v) is 3.16. The molecule has 108 valence electrons. The van der Waals surface area contributed by atoms with Crippen molar-refractivity contribution in [2.45, 2.75) is 31.4 Å². The summed E-state index contributed by atoms with van der Waals surface area (Å²) in [5, 5.41) is 6.67. The summed E-state index contributed by atoms with van der Waals surface area (Å²) >= 11 is 2.93. The largest absolute Gasteiger partial charge is 0.459 e. The fraction of sp³-hybridized carbons (Fsp3) is 0.462. The van der Waals surface area contributed by atoms with Crippen molar-refractivity contribution >= 4 is 45.2 Å². The highest BCUT2D eigenvalue weighted by atomic mass is 32.2. The number of esters is 1. The number of thiophene rings is 1. The molecule has 0 saturated heterocycles. The van der Waals surface area contributed by atoms with Gasteiger partial charge in [-0.3, -0.25) is 4.79 Å². The van der Waals surface area contributed by atoms with Gasteiger partial charge in [-0.15, -0.1) is 11.3 Å². The summed E-state index contributed by atoms with van der Waals surface area (Å²) in [6.07, 6.45) is 0. The van der Waals surface area contributed by atoms with Crippen molar-refractivity contribution in [3.63, 3.8) is 0 Å². The van der Waals surface area contributed by atoms with Crippen LogP contribution in [0.5, 0.6) is 0 Å². The molecular weight excluding hydrogens is 294 g/mol. The van der Waals surface area contributed by atoms with Gasteiger partial charge in [-0.25, -0.2) is 9.97 Å². The maximum Gasteiger partial charge on any atom is 0.316 e. The van der Waals surface area contributed by atoms with E-state index in [0.717, 1.165) is 15.2 Å². The molecule has 0 spiro atoms. The molecule has 1 N–H and O–H groups in total. The van der Waals surface area contributed by atoms with E-state index in [4.69, 9.17) is 4.74 Å². The Hall–Kier alpha value is -1.34. The van der Waals surface area contributed by atoms with Crippen LogP contribution in [0.25, 0.3) is 10.2 Å². The van der Waals surface area contributed by atoms with E-state index in [-0.39, 0.29) is 11.7 Å². The first-order chi connectivity index (χ1) is 9.39. The Balaban J connectivity index is 2.13. The van der Waals surface area contributed by atoms with Gasteiger partial charge in [0.1, 0.15) is 15.5 Å². The molecule has 0 saturated carbocycles. The molecule has 20 heavy (non-hydrogen) atoms. The number of nitrogens with zero attached hydrogens (tertiary/aromatic N) is 2. The van der Waals surface area contributed by atoms with Crippen LogP contribution >= 0.6 is 23.1 Å². The van der Waals surface area contributed by atoms with E-state index in [9.17, 15) is 4.79 Å². The van der Waals surface area contributed by atoms with Crippen LogP contribution in [0.4, 0.5) is 5.95 Å². The van der Waals surface area contributed by atoms with E-state index in [1.807, 2.05) is 32.2 Å². The topological polar surface area (TPSA) is 64.1 Å². The Morgan fingerprint density at radius 1 is 1.45 bits per heavy atom. The predicted octanol–water partition coefficient (Wildman–Crippen LogP) is 3.17. The van der Waals surface area contributed by atoms with Crippen molar-refractivity contribution in [3.05, 3.63) is 11.4 Å². The number of aromatic nitrogens is 2. The van der Waals surface area contributed by atoms with Crippen molar-refractivity contribution in [3.8, 4) is 0 Å². The summed E-state index contributed by atoms with van der Waals surface area (Å²) in [5.41, 5.74) is -0.461. The first kappa shape index (κ1) is 15.1. The summed E-state index contributed by atoms with van der Waals surface area (Å²) in [5.74, 6) is 0.560. The van der Waals surface area contributed by atoms with Crippen LogP contribution in [0.2, 0.25) is 0 Å². The van der Waals surface area contributed by atoms with E-state index in [0.29, 0.717) is 5.95 Å². The first-order valence-corrected chi connectivity index (χ1v) is 8.03. The lowest BCUT2D eigenvalue weighted by Gasteiger charge is -2.19. The molecule has 0 fully saturated rings. The van der Waals surface area contributed by atoms with E-state index < -0.39 is 5.60 Å². The second-order valence-electron chi connectivity index (χ2n) is 5.12. The van der Waals surface area contributed by atoms with E-state index in [2.05, 4.69) is 15.3 Å². The number of carbonyl (C=O) groups is 1. The van der Waals surface area contributed by atoms with Gasteiger partial charge in [0.25, 0.3) is 0 Å². The zero-order valence-corrected chi connectivity index (χ0v) is 13.5. The highest BCUT2D eigenvalue weighted by molar-refractivity contribution is 8.00. The van der Waals surface area contributed by atoms with Crippen molar-refractivity contribution in [1.82, 2.24) is 9.97 Å². The molecule has 2 aromatic rings. The maximum absolute atomic E-state index is 11.8. The quantitative estimate of drug-likeness (QED) is 0.531. The molecule has 7 heteroatoms. The van der Waals surface area contributed by atoms with E-state index in [1.54, 1.807) is 18.4 Å². The minimum atomic E-state index is -0.461. The summed E-state index contributed by atoms with van der Waals surface area (Å²) in [7, 11) is 1.77. The minimum Gasteiger partial charge on any atom is -0.459 e. The lowest BCUT2D eigenvalue weighted by atomic mass is 10.2. The van der Waals surface area contributed by atoms with Crippen LogP contribution in [-0.4, -0.2) is 34.3 Å². The number of carbonyl (C=O) groups excluding carboxylic acids is 1. The van der Waals surface area contributed by atoms with Gasteiger partial charge >= 0.3 is 5.97 Å². The maximum atomic E-state index is 11.8. The molecule has 2 aromatic heterocycles. The van der Waals surface area contributed by atoms with Gasteiger partial charge in [-0.2, -0.15) is 0 Å². The molecule has 5 nitrogen and oxygen atoms in total. The fourth-order valence-electron chi connectivity index (χ4n) is 1.55. The smallest absolute Gasteiger partial charge is 0.316 e. The average Bonchev–Trinajstić information content (AvgIpc) is 2.81. The van der Waals surface area contributed by atoms with Gasteiger partial charge in [0.15, 0.2) is 0 Å². The Morgan fingerprint density at radius 3 is 2.85 bits per heavy atom. The molecule has 0 atom stereocenters. The van der Waals surface area contributed by atoms with Crippen molar-refractivity contribution in [1.29, 1.82) is 0 Å². The Labute approximate surface area is 126 Å². The molecule has 0 amide bonds. The molecule has 0 aliphatic rings. The standard InChI is InChI=1S/C13H17N3O2S2/c1-13(2,3)18-9(17)7-20-11-8-5-6-19-10(8)15-12(14-4)16-11/h5-6H,7H2,1-4H3,(H,14,15,16). The van der Waals surface area contributed by atoms with Crippen LogP contribution in [0.3, 0.4) is 0 Å². The number of ether oxygens (including phenoxy) is 1. The Kier molecular flexibility index (Phi) is 4.49. The molecule has 0 bridgehead atoms. The molecular formula is C13H17N3O2S2. The lowest BCUT2D eigenvalue weighted by Crippen LogP contribution is -2.24. The normalized spacial score (nSPS) is 11.6. The highest BCUT2D eigenvalue weighted by Crippen LogP contribution is 2.29. The van der Waals surface area contributed by atoms with Gasteiger partial charge in [0.05, 0.1) is 5.75 Å². The number of fused-ring (bicyclic) bond motifs is 1. The molecule has 0 radical (unpaired) electrons. The van der Waals surface area contributed by atoms with Crippen LogP contribution < -0.4 is 5.32 Å². The van der Waals surface area contributed by atoms with E-state index in [1.165, 1.54) is 11.8 Å². The number of thioether (sulfide) groups is 1. The second-order valence-corrected chi connectivity index (χ2v) is 6.98. The average molecular weight is 311 g/mol. The Bertz CT molecular complexity index is 620. The lowest BCUT2D eigenvalue weighted by molar-refractivity contribution is -0.151. The van der Waals surface area contributed by atoms with Crippen molar-refractivity contribution < 1.29 is 9.53 Å². The number of rotatable bonds is 4. The van der Waals surface area contributed by atoms with Gasteiger partial charge in [-0.1, -0.05) is 11.8 Å². The van der Waals surface area contributed by atoms with Crippen LogP contribution in [0.1, 0.15) is 20.8 Å². The van der Waals surface area contributed by atoms with E-state index >= 15 is 0 Å². The molecule has 2 rings (SSSR count).